The predicted molar refractivity (Wildman–Crippen MR) is 88.7 cm³/mol. The molecule has 0 aromatic carbocycles. The van der Waals surface area contributed by atoms with Crippen LogP contribution in [0.4, 0.5) is 11.8 Å². The van der Waals surface area contributed by atoms with Crippen LogP contribution in [0.1, 0.15) is 21.9 Å². The molecule has 1 amide bonds. The molecule has 8 nitrogen and oxygen atoms in total. The van der Waals surface area contributed by atoms with Crippen molar-refractivity contribution in [2.45, 2.75) is 13.8 Å². The van der Waals surface area contributed by atoms with Gasteiger partial charge in [-0.1, -0.05) is 0 Å². The number of nitrogens with one attached hydrogen (secondary N) is 2. The van der Waals surface area contributed by atoms with Crippen LogP contribution in [0.5, 0.6) is 0 Å². The SMILES string of the molecule is Cc1cnc(C(=O)NCCNc2nc(C)cc(N(C)C)n2)cn1. The van der Waals surface area contributed by atoms with E-state index in [0.717, 1.165) is 17.2 Å². The molecule has 2 rings (SSSR count). The lowest BCUT2D eigenvalue weighted by Gasteiger charge is -2.13. The Kier molecular flexibility index (Phi) is 5.40. The average Bonchev–Trinajstić information content (AvgIpc) is 2.51. The minimum Gasteiger partial charge on any atom is -0.363 e. The summed E-state index contributed by atoms with van der Waals surface area (Å²) in [5, 5.41) is 5.87. The molecular formula is C15H21N7O. The van der Waals surface area contributed by atoms with Gasteiger partial charge in [-0.05, 0) is 13.8 Å². The number of rotatable bonds is 6. The van der Waals surface area contributed by atoms with Crippen molar-refractivity contribution in [1.29, 1.82) is 0 Å². The Morgan fingerprint density at radius 3 is 2.52 bits per heavy atom. The zero-order valence-electron chi connectivity index (χ0n) is 13.8. The first-order valence-electron chi connectivity index (χ1n) is 7.29. The van der Waals surface area contributed by atoms with Crippen LogP contribution in [0.2, 0.25) is 0 Å². The summed E-state index contributed by atoms with van der Waals surface area (Å²) in [7, 11) is 3.85. The van der Waals surface area contributed by atoms with E-state index >= 15 is 0 Å². The third kappa shape index (κ3) is 4.87. The zero-order valence-corrected chi connectivity index (χ0v) is 13.8. The van der Waals surface area contributed by atoms with Crippen LogP contribution >= 0.6 is 0 Å². The van der Waals surface area contributed by atoms with Gasteiger partial charge < -0.3 is 15.5 Å². The molecule has 0 fully saturated rings. The third-order valence-corrected chi connectivity index (χ3v) is 3.01. The van der Waals surface area contributed by atoms with E-state index in [-0.39, 0.29) is 5.91 Å². The van der Waals surface area contributed by atoms with E-state index < -0.39 is 0 Å². The maximum absolute atomic E-state index is 11.9. The van der Waals surface area contributed by atoms with Gasteiger partial charge in [0.2, 0.25) is 5.95 Å². The molecule has 0 aliphatic carbocycles. The van der Waals surface area contributed by atoms with Crippen LogP contribution in [0.15, 0.2) is 18.5 Å². The average molecular weight is 315 g/mol. The number of aromatic nitrogens is 4. The molecule has 2 aromatic heterocycles. The monoisotopic (exact) mass is 315 g/mol. The number of hydrogen-bond acceptors (Lipinski definition) is 7. The van der Waals surface area contributed by atoms with Gasteiger partial charge in [0.05, 0.1) is 11.9 Å². The van der Waals surface area contributed by atoms with E-state index in [0.29, 0.717) is 24.7 Å². The van der Waals surface area contributed by atoms with Gasteiger partial charge in [0, 0.05) is 45.1 Å². The highest BCUT2D eigenvalue weighted by atomic mass is 16.1. The number of nitrogens with zero attached hydrogens (tertiary/aromatic N) is 5. The number of carbonyl (C=O) groups excluding carboxylic acids is 1. The van der Waals surface area contributed by atoms with Crippen molar-refractivity contribution >= 4 is 17.7 Å². The lowest BCUT2D eigenvalue weighted by Crippen LogP contribution is -2.30. The molecule has 0 spiro atoms. The standard InChI is InChI=1S/C15H21N7O/c1-10-7-13(22(3)4)21-15(20-10)17-6-5-16-14(23)12-9-18-11(2)8-19-12/h7-9H,5-6H2,1-4H3,(H,16,23)(H,17,20,21). The topological polar surface area (TPSA) is 95.9 Å². The highest BCUT2D eigenvalue weighted by Gasteiger charge is 2.07. The van der Waals surface area contributed by atoms with Gasteiger partial charge in [-0.15, -0.1) is 0 Å². The van der Waals surface area contributed by atoms with Gasteiger partial charge in [0.15, 0.2) is 0 Å². The second kappa shape index (κ2) is 7.48. The first-order valence-corrected chi connectivity index (χ1v) is 7.29. The fourth-order valence-electron chi connectivity index (χ4n) is 1.81. The molecule has 122 valence electrons. The summed E-state index contributed by atoms with van der Waals surface area (Å²) >= 11 is 0. The molecule has 23 heavy (non-hydrogen) atoms. The Bertz CT molecular complexity index is 670. The summed E-state index contributed by atoms with van der Waals surface area (Å²) in [4.78, 5) is 30.6. The van der Waals surface area contributed by atoms with Crippen molar-refractivity contribution in [3.8, 4) is 0 Å². The number of amides is 1. The summed E-state index contributed by atoms with van der Waals surface area (Å²) in [6.07, 6.45) is 3.03. The summed E-state index contributed by atoms with van der Waals surface area (Å²) in [5.74, 6) is 1.12. The molecule has 2 N–H and O–H groups in total. The lowest BCUT2D eigenvalue weighted by atomic mass is 10.4. The Hall–Kier alpha value is -2.77. The van der Waals surface area contributed by atoms with E-state index in [1.165, 1.54) is 6.20 Å². The Morgan fingerprint density at radius 1 is 1.09 bits per heavy atom. The summed E-state index contributed by atoms with van der Waals surface area (Å²) in [6, 6.07) is 1.91. The molecule has 0 radical (unpaired) electrons. The van der Waals surface area contributed by atoms with Crippen LogP contribution in [-0.2, 0) is 0 Å². The molecule has 0 atom stereocenters. The minimum atomic E-state index is -0.251. The Balaban J connectivity index is 1.83. The highest BCUT2D eigenvalue weighted by Crippen LogP contribution is 2.11. The molecule has 8 heteroatoms. The first kappa shape index (κ1) is 16.6. The van der Waals surface area contributed by atoms with Gasteiger partial charge in [0.25, 0.3) is 5.91 Å². The van der Waals surface area contributed by atoms with Crippen LogP contribution in [-0.4, -0.2) is 53.0 Å². The number of carbonyl (C=O) groups is 1. The van der Waals surface area contributed by atoms with Crippen LogP contribution in [0.3, 0.4) is 0 Å². The normalized spacial score (nSPS) is 10.3. The zero-order chi connectivity index (χ0) is 16.8. The Morgan fingerprint density at radius 2 is 1.87 bits per heavy atom. The van der Waals surface area contributed by atoms with E-state index in [4.69, 9.17) is 0 Å². The predicted octanol–water partition coefficient (Wildman–Crippen LogP) is 0.791. The molecule has 2 aromatic rings. The van der Waals surface area contributed by atoms with Gasteiger partial charge in [-0.3, -0.25) is 9.78 Å². The second-order valence-electron chi connectivity index (χ2n) is 5.31. The van der Waals surface area contributed by atoms with Gasteiger partial charge in [-0.25, -0.2) is 9.97 Å². The van der Waals surface area contributed by atoms with Gasteiger partial charge >= 0.3 is 0 Å². The number of hydrogen-bond donors (Lipinski definition) is 2. The quantitative estimate of drug-likeness (QED) is 0.761. The maximum atomic E-state index is 11.9. The number of anilines is 2. The smallest absolute Gasteiger partial charge is 0.271 e. The van der Waals surface area contributed by atoms with Crippen molar-refractivity contribution in [1.82, 2.24) is 25.3 Å². The fraction of sp³-hybridized carbons (Fsp3) is 0.400. The molecule has 0 bridgehead atoms. The summed E-state index contributed by atoms with van der Waals surface area (Å²) in [6.45, 7) is 4.68. The lowest BCUT2D eigenvalue weighted by molar-refractivity contribution is 0.0949. The van der Waals surface area contributed by atoms with Crippen molar-refractivity contribution in [2.75, 3.05) is 37.4 Å². The highest BCUT2D eigenvalue weighted by molar-refractivity contribution is 5.91. The Labute approximate surface area is 135 Å². The molecule has 0 saturated carbocycles. The fourth-order valence-corrected chi connectivity index (χ4v) is 1.81. The molecule has 0 aliphatic heterocycles. The van der Waals surface area contributed by atoms with Crippen molar-refractivity contribution in [3.05, 3.63) is 35.5 Å². The molecular weight excluding hydrogens is 294 g/mol. The molecule has 2 heterocycles. The van der Waals surface area contributed by atoms with Crippen molar-refractivity contribution < 1.29 is 4.79 Å². The largest absolute Gasteiger partial charge is 0.363 e. The molecule has 0 aliphatic rings. The summed E-state index contributed by atoms with van der Waals surface area (Å²) < 4.78 is 0. The summed E-state index contributed by atoms with van der Waals surface area (Å²) in [5.41, 5.74) is 1.96. The minimum absolute atomic E-state index is 0.251. The van der Waals surface area contributed by atoms with E-state index in [1.54, 1.807) is 6.20 Å². The van der Waals surface area contributed by atoms with Crippen LogP contribution in [0.25, 0.3) is 0 Å². The number of aryl methyl sites for hydroxylation is 2. The first-order chi connectivity index (χ1) is 11.0. The second-order valence-corrected chi connectivity index (χ2v) is 5.31. The third-order valence-electron chi connectivity index (χ3n) is 3.01. The molecule has 0 unspecified atom stereocenters. The maximum Gasteiger partial charge on any atom is 0.271 e. The van der Waals surface area contributed by atoms with Crippen molar-refractivity contribution in [2.24, 2.45) is 0 Å². The van der Waals surface area contributed by atoms with Crippen LogP contribution in [0, 0.1) is 13.8 Å². The van der Waals surface area contributed by atoms with Gasteiger partial charge in [0.1, 0.15) is 11.5 Å². The van der Waals surface area contributed by atoms with E-state index in [2.05, 4.69) is 30.6 Å². The van der Waals surface area contributed by atoms with E-state index in [9.17, 15) is 4.79 Å². The van der Waals surface area contributed by atoms with Crippen LogP contribution < -0.4 is 15.5 Å². The van der Waals surface area contributed by atoms with E-state index in [1.807, 2.05) is 38.9 Å². The van der Waals surface area contributed by atoms with Crippen molar-refractivity contribution in [3.63, 3.8) is 0 Å². The van der Waals surface area contributed by atoms with Gasteiger partial charge in [-0.2, -0.15) is 4.98 Å². The molecule has 0 saturated heterocycles.